The molecular formula is C100H66F14Ir4N20O8-4. The predicted molar refractivity (Wildman–Crippen MR) is 483 cm³/mol. The molecule has 0 amide bonds. The Hall–Kier alpha value is -15.9. The first kappa shape index (κ1) is 114. The Bertz CT molecular complexity index is 7050. The number of aromatic nitrogens is 20. The van der Waals surface area contributed by atoms with Crippen LogP contribution in [-0.2, 0) is 105 Å². The number of nitrogens with zero attached hydrogens (tertiary/aromatic N) is 20. The van der Waals surface area contributed by atoms with Crippen LogP contribution in [0.4, 0.5) is 61.5 Å². The fourth-order valence-electron chi connectivity index (χ4n) is 12.1. The van der Waals surface area contributed by atoms with Crippen LogP contribution >= 0.6 is 0 Å². The predicted octanol–water partition coefficient (Wildman–Crippen LogP) is 23.4. The smallest absolute Gasteiger partial charge is 0.421 e. The van der Waals surface area contributed by atoms with Crippen molar-refractivity contribution >= 4 is 0 Å². The molecule has 8 aromatic carbocycles. The van der Waals surface area contributed by atoms with Crippen molar-refractivity contribution in [3.63, 3.8) is 0 Å². The number of phenolic OH excluding ortho intramolecular Hbond substituents is 4. The average Bonchev–Trinajstić information content (AvgIpc) is 1.56. The summed E-state index contributed by atoms with van der Waals surface area (Å²) in [7, 11) is 0. The molecule has 46 heteroatoms. The van der Waals surface area contributed by atoms with E-state index < -0.39 is 59.4 Å². The van der Waals surface area contributed by atoms with E-state index in [1.807, 2.05) is 121 Å². The molecule has 0 aliphatic carbocycles. The van der Waals surface area contributed by atoms with Crippen molar-refractivity contribution in [1.82, 2.24) is 101 Å². The van der Waals surface area contributed by atoms with Crippen molar-refractivity contribution in [3.05, 3.63) is 386 Å². The molecule has 752 valence electrons. The topological polar surface area (TPSA) is 391 Å². The van der Waals surface area contributed by atoms with Crippen molar-refractivity contribution in [3.8, 4) is 160 Å². The van der Waals surface area contributed by atoms with E-state index in [4.69, 9.17) is 17.7 Å². The van der Waals surface area contributed by atoms with Gasteiger partial charge in [0.2, 0.25) is 35.5 Å². The summed E-state index contributed by atoms with van der Waals surface area (Å²) < 4.78 is 197. The molecule has 12 aromatic heterocycles. The van der Waals surface area contributed by atoms with Gasteiger partial charge in [-0.2, -0.15) is 72.6 Å². The van der Waals surface area contributed by atoms with Crippen LogP contribution in [0, 0.1) is 63.9 Å². The molecule has 4 N–H and O–H groups in total. The number of alkyl halides is 12. The first-order valence-electron chi connectivity index (χ1n) is 41.1. The third kappa shape index (κ3) is 32.0. The number of rotatable bonds is 12. The minimum atomic E-state index is -4.59. The molecule has 0 saturated heterocycles. The zero-order chi connectivity index (χ0) is 101. The van der Waals surface area contributed by atoms with Crippen LogP contribution in [0.15, 0.2) is 322 Å². The number of hydrogen-bond donors (Lipinski definition) is 4. The van der Waals surface area contributed by atoms with Gasteiger partial charge in [-0.3, -0.25) is 24.9 Å². The van der Waals surface area contributed by atoms with Gasteiger partial charge in [0, 0.05) is 157 Å². The van der Waals surface area contributed by atoms with Crippen molar-refractivity contribution in [1.29, 1.82) is 0 Å². The normalized spacial score (nSPS) is 10.7. The molecular weight excluding hydrogens is 2640 g/mol. The van der Waals surface area contributed by atoms with Gasteiger partial charge in [-0.1, -0.05) is 135 Å². The van der Waals surface area contributed by atoms with E-state index in [9.17, 15) is 81.9 Å². The summed E-state index contributed by atoms with van der Waals surface area (Å²) in [6.07, 6.45) is -5.59. The van der Waals surface area contributed by atoms with E-state index in [0.717, 1.165) is 59.2 Å². The van der Waals surface area contributed by atoms with E-state index in [0.29, 0.717) is 86.3 Å². The average molecular weight is 2710 g/mol. The minimum absolute atomic E-state index is 0. The first-order chi connectivity index (χ1) is 68.1. The number of benzene rings is 8. The van der Waals surface area contributed by atoms with Crippen molar-refractivity contribution in [2.75, 3.05) is 0 Å². The van der Waals surface area contributed by atoms with Gasteiger partial charge < -0.3 is 63.0 Å². The van der Waals surface area contributed by atoms with E-state index in [2.05, 4.69) is 125 Å². The molecule has 0 fully saturated rings. The SMILES string of the molecule is Cc1cc(-c2cnc(F)cn2)[c-]c(C(F)(F)F)n1.Cc1cc(-c2cnccn2)[c-]c(C(F)(F)F)n1.Cc1nc(C(F)(F)F)c[c-]c1-c1cnc(F)cn1.Cc1nc(C(F)(F)F)c[c-]c1-c1cnccn1.Oc1ccccc1-c1nnc(-c2ccccc2)o1.Oc1ccccc1-c1nnc(-c2ccccc2)o1.Oc1ccccc1-c1nnc(-c2ccccc2)o1.Oc1ccccc1-c1nnc(-c2ccccc2)o1.[Ir].[Ir].[Ir].[Ir]. The molecule has 0 atom stereocenters. The van der Waals surface area contributed by atoms with E-state index in [1.165, 1.54) is 77.0 Å². The number of hydrogen-bond acceptors (Lipinski definition) is 28. The molecule has 0 aliphatic heterocycles. The summed E-state index contributed by atoms with van der Waals surface area (Å²) in [6.45, 7) is 5.79. The zero-order valence-corrected chi connectivity index (χ0v) is 84.4. The van der Waals surface area contributed by atoms with Crippen LogP contribution in [-0.4, -0.2) is 121 Å². The van der Waals surface area contributed by atoms with Gasteiger partial charge in [0.1, 0.15) is 23.0 Å². The molecule has 0 bridgehead atoms. The molecule has 0 unspecified atom stereocenters. The van der Waals surface area contributed by atoms with E-state index >= 15 is 0 Å². The van der Waals surface area contributed by atoms with Crippen LogP contribution in [0.1, 0.15) is 45.6 Å². The Labute approximate surface area is 872 Å². The van der Waals surface area contributed by atoms with Gasteiger partial charge in [0.15, 0.2) is 0 Å². The Kier molecular flexibility index (Phi) is 41.2. The fraction of sp³-hybridized carbons (Fsp3) is 0.0800. The van der Waals surface area contributed by atoms with E-state index in [1.54, 1.807) is 97.1 Å². The van der Waals surface area contributed by atoms with Crippen molar-refractivity contribution in [2.45, 2.75) is 52.4 Å². The summed E-state index contributed by atoms with van der Waals surface area (Å²) >= 11 is 0. The standard InChI is InChI=1S/4C14H10N2O2.2C11H6F4N3.2C11H7F3N3.4Ir/c4*17-12-9-5-4-8-11(12)14-16-15-13(18-14)10-6-2-1-3-7-10;1-6-2-7(3-9(18-6)11(13,14)15)8-4-17-10(12)5-16-8;1-6-7(8-4-17-10(12)5-16-8)2-3-9(18-6)11(13,14)15;1-7-4-8(9-6-15-2-3-16-9)5-10(17-7)11(12,13)14;1-7-8(9-6-15-4-5-16-9)2-3-10(17-7)11(12,13)14;;;;/h4*1-9,17H;2,4-5H,1H3;3-5H,1H3;2-4,6H,1H3;3-6H,1H3;;;;/q;;;;4*-1;;;;. The number of para-hydroxylation sites is 4. The summed E-state index contributed by atoms with van der Waals surface area (Å²) in [5.74, 6) is 1.93. The molecule has 0 saturated carbocycles. The Morgan fingerprint density at radius 3 is 0.788 bits per heavy atom. The number of aryl methyl sites for hydroxylation is 4. The number of pyridine rings is 4. The molecule has 28 nitrogen and oxygen atoms in total. The summed E-state index contributed by atoms with van der Waals surface area (Å²) in [6, 6.07) is 79.2. The third-order valence-corrected chi connectivity index (χ3v) is 18.7. The third-order valence-electron chi connectivity index (χ3n) is 18.7. The summed E-state index contributed by atoms with van der Waals surface area (Å²) in [5, 5.41) is 70.6. The van der Waals surface area contributed by atoms with Gasteiger partial charge in [0.05, 0.1) is 57.4 Å². The quantitative estimate of drug-likeness (QED) is 0.0652. The minimum Gasteiger partial charge on any atom is -0.507 e. The van der Waals surface area contributed by atoms with Gasteiger partial charge in [-0.25, -0.2) is 9.97 Å². The monoisotopic (exact) mass is 2710 g/mol. The maximum atomic E-state index is 12.6. The van der Waals surface area contributed by atoms with Crippen LogP contribution in [0.25, 0.3) is 137 Å². The Balaban J connectivity index is 0.000000185. The molecule has 12 heterocycles. The van der Waals surface area contributed by atoms with Gasteiger partial charge in [-0.15, -0.1) is 100 Å². The molecule has 4 radical (unpaired) electrons. The first-order valence-corrected chi connectivity index (χ1v) is 41.1. The molecule has 20 rings (SSSR count). The zero-order valence-electron chi connectivity index (χ0n) is 74.9. The van der Waals surface area contributed by atoms with Crippen molar-refractivity contribution in [2.24, 2.45) is 0 Å². The number of halogens is 14. The molecule has 20 aromatic rings. The maximum absolute atomic E-state index is 12.6. The summed E-state index contributed by atoms with van der Waals surface area (Å²) in [4.78, 5) is 43.3. The molecule has 0 aliphatic rings. The number of phenols is 4. The maximum Gasteiger partial charge on any atom is 0.421 e. The molecule has 146 heavy (non-hydrogen) atoms. The second kappa shape index (κ2) is 52.9. The number of aromatic hydroxyl groups is 4. The Morgan fingerprint density at radius 2 is 0.534 bits per heavy atom. The van der Waals surface area contributed by atoms with Crippen LogP contribution < -0.4 is 0 Å². The largest absolute Gasteiger partial charge is 0.507 e. The fourth-order valence-corrected chi connectivity index (χ4v) is 12.1. The second-order valence-electron chi connectivity index (χ2n) is 28.9. The van der Waals surface area contributed by atoms with Crippen molar-refractivity contribution < 1.29 is 180 Å². The van der Waals surface area contributed by atoms with Gasteiger partial charge >= 0.3 is 24.7 Å². The van der Waals surface area contributed by atoms with Gasteiger partial charge in [0.25, 0.3) is 23.6 Å². The van der Waals surface area contributed by atoms with E-state index in [-0.39, 0.29) is 154 Å². The van der Waals surface area contributed by atoms with Crippen LogP contribution in [0.3, 0.4) is 0 Å². The van der Waals surface area contributed by atoms with Gasteiger partial charge in [-0.05, 0) is 151 Å². The van der Waals surface area contributed by atoms with Crippen LogP contribution in [0.5, 0.6) is 23.0 Å². The van der Waals surface area contributed by atoms with Crippen LogP contribution in [0.2, 0.25) is 0 Å². The Morgan fingerprint density at radius 1 is 0.274 bits per heavy atom. The molecule has 0 spiro atoms. The summed E-state index contributed by atoms with van der Waals surface area (Å²) in [5.41, 5.74) is 4.24. The second-order valence-corrected chi connectivity index (χ2v) is 28.9.